The fourth-order valence-electron chi connectivity index (χ4n) is 4.80. The van der Waals surface area contributed by atoms with E-state index in [0.29, 0.717) is 17.5 Å². The molecule has 4 rings (SSSR count). The van der Waals surface area contributed by atoms with Gasteiger partial charge in [-0.2, -0.15) is 0 Å². The summed E-state index contributed by atoms with van der Waals surface area (Å²) in [6, 6.07) is 6.33. The number of aliphatic carboxylic acids is 1. The summed E-state index contributed by atoms with van der Waals surface area (Å²) in [5.41, 5.74) is 8.59. The van der Waals surface area contributed by atoms with E-state index in [0.717, 1.165) is 34.2 Å². The average molecular weight is 399 g/mol. The van der Waals surface area contributed by atoms with Crippen molar-refractivity contribution in [1.82, 2.24) is 4.98 Å². The Labute approximate surface area is 168 Å². The molecule has 2 aromatic rings. The highest BCUT2D eigenvalue weighted by Crippen LogP contribution is 2.49. The highest BCUT2D eigenvalue weighted by atomic mass is 32.1. The van der Waals surface area contributed by atoms with E-state index in [-0.39, 0.29) is 12.3 Å². The van der Waals surface area contributed by atoms with E-state index in [1.54, 1.807) is 7.11 Å². The predicted molar refractivity (Wildman–Crippen MR) is 113 cm³/mol. The zero-order valence-electron chi connectivity index (χ0n) is 16.1. The van der Waals surface area contributed by atoms with Crippen molar-refractivity contribution in [2.24, 2.45) is 5.92 Å². The molecule has 0 amide bonds. The largest absolute Gasteiger partial charge is 0.481 e. The summed E-state index contributed by atoms with van der Waals surface area (Å²) in [7, 11) is 1.80. The summed E-state index contributed by atoms with van der Waals surface area (Å²) in [6.07, 6.45) is 11.9. The Kier molecular flexibility index (Phi) is 5.25. The van der Waals surface area contributed by atoms with Crippen LogP contribution < -0.4 is 5.73 Å². The topological polar surface area (TPSA) is 85.4 Å². The number of hydrogen-bond donors (Lipinski definition) is 2. The zero-order valence-corrected chi connectivity index (χ0v) is 16.9. The summed E-state index contributed by atoms with van der Waals surface area (Å²) in [6.45, 7) is 0. The molecule has 3 N–H and O–H groups in total. The molecule has 2 aliphatic carbocycles. The van der Waals surface area contributed by atoms with Crippen LogP contribution in [0, 0.1) is 5.92 Å². The van der Waals surface area contributed by atoms with Gasteiger partial charge in [0.05, 0.1) is 15.8 Å². The van der Waals surface area contributed by atoms with Gasteiger partial charge in [0.2, 0.25) is 0 Å². The van der Waals surface area contributed by atoms with Crippen LogP contribution in [0.3, 0.4) is 0 Å². The van der Waals surface area contributed by atoms with Crippen molar-refractivity contribution in [3.63, 3.8) is 0 Å². The molecule has 1 aromatic heterocycles. The number of fused-ring (bicyclic) bond motifs is 1. The smallest absolute Gasteiger partial charge is 0.303 e. The lowest BCUT2D eigenvalue weighted by Crippen LogP contribution is -2.43. The number of allylic oxidation sites excluding steroid dienone is 2. The number of thiazole rings is 1. The van der Waals surface area contributed by atoms with Gasteiger partial charge in [0.15, 0.2) is 5.13 Å². The minimum atomic E-state index is -0.774. The van der Waals surface area contributed by atoms with Crippen LogP contribution in [0.15, 0.2) is 42.0 Å². The van der Waals surface area contributed by atoms with Gasteiger partial charge in [-0.25, -0.2) is 4.98 Å². The molecule has 1 aromatic carbocycles. The van der Waals surface area contributed by atoms with E-state index in [1.165, 1.54) is 24.2 Å². The van der Waals surface area contributed by atoms with Gasteiger partial charge in [-0.1, -0.05) is 54.0 Å². The van der Waals surface area contributed by atoms with Crippen LogP contribution in [0.5, 0.6) is 0 Å². The number of nitrogens with two attached hydrogens (primary N) is 1. The van der Waals surface area contributed by atoms with Crippen LogP contribution in [0.2, 0.25) is 0 Å². The molecule has 6 heteroatoms. The maximum atomic E-state index is 11.0. The first-order valence-corrected chi connectivity index (χ1v) is 10.7. The zero-order chi connectivity index (χ0) is 19.7. The van der Waals surface area contributed by atoms with Crippen molar-refractivity contribution >= 4 is 32.7 Å². The van der Waals surface area contributed by atoms with E-state index in [1.807, 2.05) is 0 Å². The minimum Gasteiger partial charge on any atom is -0.481 e. The number of ether oxygens (including phenoxy) is 1. The molecule has 0 saturated heterocycles. The maximum Gasteiger partial charge on any atom is 0.303 e. The van der Waals surface area contributed by atoms with Crippen LogP contribution >= 0.6 is 11.3 Å². The number of methoxy groups -OCH3 is 1. The van der Waals surface area contributed by atoms with Crippen LogP contribution in [0.4, 0.5) is 5.13 Å². The molecule has 0 radical (unpaired) electrons. The summed E-state index contributed by atoms with van der Waals surface area (Å²) in [5, 5.41) is 9.65. The summed E-state index contributed by atoms with van der Waals surface area (Å²) < 4.78 is 7.31. The van der Waals surface area contributed by atoms with E-state index in [4.69, 9.17) is 15.6 Å². The maximum absolute atomic E-state index is 11.0. The van der Waals surface area contributed by atoms with Crippen LogP contribution in [-0.4, -0.2) is 28.8 Å². The van der Waals surface area contributed by atoms with Gasteiger partial charge in [0, 0.05) is 19.4 Å². The molecule has 0 aliphatic heterocycles. The summed E-state index contributed by atoms with van der Waals surface area (Å²) in [4.78, 5) is 15.5. The second-order valence-corrected chi connectivity index (χ2v) is 8.83. The van der Waals surface area contributed by atoms with Crippen molar-refractivity contribution in [2.75, 3.05) is 12.8 Å². The number of carbonyl (C=O) groups is 1. The Hall–Kier alpha value is -2.18. The average Bonchev–Trinajstić information content (AvgIpc) is 3.34. The van der Waals surface area contributed by atoms with Crippen LogP contribution in [-0.2, 0) is 9.53 Å². The monoisotopic (exact) mass is 398 g/mol. The van der Waals surface area contributed by atoms with Crippen LogP contribution in [0.1, 0.15) is 50.0 Å². The fraction of sp³-hybridized carbons (Fsp3) is 0.455. The summed E-state index contributed by atoms with van der Waals surface area (Å²) in [5.74, 6) is -0.293. The standard InChI is InChI=1S/C22H26N2O3S/c1-27-22(16-4-2-3-5-16)11-10-14(6-9-20(25)26)12-17(22)15-7-8-19-18(13-15)24-21(23)28-19/h7-8,10-13,16-17H,2-6,9H2,1H3,(H2,23,24)(H,25,26). The number of aromatic nitrogens is 1. The Balaban J connectivity index is 1.77. The number of benzene rings is 1. The molecule has 2 unspecified atom stereocenters. The van der Waals surface area contributed by atoms with Crippen molar-refractivity contribution < 1.29 is 14.6 Å². The molecule has 0 bridgehead atoms. The second kappa shape index (κ2) is 7.68. The molecule has 0 spiro atoms. The lowest BCUT2D eigenvalue weighted by atomic mass is 9.69. The Morgan fingerprint density at radius 1 is 1.39 bits per heavy atom. The molecular weight excluding hydrogens is 372 g/mol. The number of hydrogen-bond acceptors (Lipinski definition) is 5. The van der Waals surface area contributed by atoms with Gasteiger partial charge in [0.25, 0.3) is 0 Å². The number of carboxylic acid groups (broad SMARTS) is 1. The molecular formula is C22H26N2O3S. The molecule has 2 atom stereocenters. The first-order chi connectivity index (χ1) is 13.5. The Morgan fingerprint density at radius 3 is 2.89 bits per heavy atom. The van der Waals surface area contributed by atoms with E-state index in [2.05, 4.69) is 41.4 Å². The fourth-order valence-corrected chi connectivity index (χ4v) is 5.51. The highest BCUT2D eigenvalue weighted by Gasteiger charge is 2.46. The van der Waals surface area contributed by atoms with E-state index in [9.17, 15) is 4.79 Å². The third-order valence-corrected chi connectivity index (χ3v) is 7.05. The van der Waals surface area contributed by atoms with Gasteiger partial charge in [-0.3, -0.25) is 4.79 Å². The third kappa shape index (κ3) is 3.47. The molecule has 1 fully saturated rings. The normalized spacial score (nSPS) is 25.3. The Morgan fingerprint density at radius 2 is 2.18 bits per heavy atom. The number of anilines is 1. The van der Waals surface area contributed by atoms with E-state index < -0.39 is 11.6 Å². The van der Waals surface area contributed by atoms with E-state index >= 15 is 0 Å². The van der Waals surface area contributed by atoms with Gasteiger partial charge < -0.3 is 15.6 Å². The Bertz CT molecular complexity index is 942. The molecule has 148 valence electrons. The third-order valence-electron chi connectivity index (χ3n) is 6.19. The first-order valence-electron chi connectivity index (χ1n) is 9.84. The number of nitrogen functional groups attached to an aromatic ring is 1. The molecule has 2 aliphatic rings. The van der Waals surface area contributed by atoms with Crippen LogP contribution in [0.25, 0.3) is 10.2 Å². The molecule has 5 nitrogen and oxygen atoms in total. The number of nitrogens with zero attached hydrogens (tertiary/aromatic N) is 1. The minimum absolute atomic E-state index is 0.0294. The van der Waals surface area contributed by atoms with Crippen molar-refractivity contribution in [2.45, 2.75) is 50.0 Å². The summed E-state index contributed by atoms with van der Waals surface area (Å²) >= 11 is 1.49. The highest BCUT2D eigenvalue weighted by molar-refractivity contribution is 7.22. The SMILES string of the molecule is COC1(C2CCCC2)C=CC(CCC(=O)O)=CC1c1ccc2sc(N)nc2c1. The lowest BCUT2D eigenvalue weighted by Gasteiger charge is -2.43. The molecule has 1 saturated carbocycles. The quantitative estimate of drug-likeness (QED) is 0.723. The van der Waals surface area contributed by atoms with Crippen molar-refractivity contribution in [3.05, 3.63) is 47.6 Å². The molecule has 28 heavy (non-hydrogen) atoms. The second-order valence-electron chi connectivity index (χ2n) is 7.76. The van der Waals surface area contributed by atoms with Gasteiger partial charge >= 0.3 is 5.97 Å². The number of carboxylic acids is 1. The van der Waals surface area contributed by atoms with Crippen molar-refractivity contribution in [3.8, 4) is 0 Å². The molecule has 1 heterocycles. The lowest BCUT2D eigenvalue weighted by molar-refractivity contribution is -0.136. The first kappa shape index (κ1) is 19.2. The van der Waals surface area contributed by atoms with Gasteiger partial charge in [-0.05, 0) is 42.9 Å². The predicted octanol–water partition coefficient (Wildman–Crippen LogP) is 4.90. The van der Waals surface area contributed by atoms with Gasteiger partial charge in [-0.15, -0.1) is 0 Å². The van der Waals surface area contributed by atoms with Gasteiger partial charge in [0.1, 0.15) is 0 Å². The number of rotatable bonds is 6. The van der Waals surface area contributed by atoms with Crippen molar-refractivity contribution in [1.29, 1.82) is 0 Å².